The number of rotatable bonds is 6. The Balaban J connectivity index is 2.33. The van der Waals surface area contributed by atoms with Crippen molar-refractivity contribution in [3.8, 4) is 5.75 Å². The highest BCUT2D eigenvalue weighted by molar-refractivity contribution is 6.34. The lowest BCUT2D eigenvalue weighted by atomic mass is 10.00. The molecule has 0 aliphatic heterocycles. The van der Waals surface area contributed by atoms with Gasteiger partial charge in [0, 0.05) is 12.6 Å². The van der Waals surface area contributed by atoms with E-state index in [1.54, 1.807) is 71.0 Å². The second-order valence-electron chi connectivity index (χ2n) is 8.70. The van der Waals surface area contributed by atoms with E-state index in [4.69, 9.17) is 16.3 Å². The van der Waals surface area contributed by atoms with Crippen molar-refractivity contribution in [1.29, 1.82) is 0 Å². The second kappa shape index (κ2) is 10.6. The van der Waals surface area contributed by atoms with E-state index in [-0.39, 0.29) is 11.3 Å². The van der Waals surface area contributed by atoms with Gasteiger partial charge in [-0.25, -0.2) is 4.79 Å². The molecule has 0 aliphatic carbocycles. The Kier molecular flexibility index (Phi) is 8.33. The fourth-order valence-electron chi connectivity index (χ4n) is 3.14. The van der Waals surface area contributed by atoms with E-state index in [2.05, 4.69) is 10.6 Å². The van der Waals surface area contributed by atoms with Crippen LogP contribution in [0, 0.1) is 13.8 Å². The lowest BCUT2D eigenvalue weighted by molar-refractivity contribution is -0.136. The van der Waals surface area contributed by atoms with E-state index < -0.39 is 36.1 Å². The molecule has 0 radical (unpaired) electrons. The summed E-state index contributed by atoms with van der Waals surface area (Å²) in [4.78, 5) is 39.3. The minimum Gasteiger partial charge on any atom is -0.507 e. The Morgan fingerprint density at radius 2 is 1.70 bits per heavy atom. The topological polar surface area (TPSA) is 108 Å². The molecule has 0 aromatic heterocycles. The average molecular weight is 476 g/mol. The Labute approximate surface area is 198 Å². The molecule has 1 unspecified atom stereocenters. The second-order valence-corrected chi connectivity index (χ2v) is 9.10. The van der Waals surface area contributed by atoms with Gasteiger partial charge in [-0.2, -0.15) is 0 Å². The third-order valence-corrected chi connectivity index (χ3v) is 5.16. The molecular formula is C24H30ClN3O5. The van der Waals surface area contributed by atoms with E-state index in [0.29, 0.717) is 16.3 Å². The number of aryl methyl sites for hydroxylation is 2. The van der Waals surface area contributed by atoms with Gasteiger partial charge in [0.05, 0.1) is 10.7 Å². The molecule has 0 fully saturated rings. The number of halogens is 1. The number of likely N-dealkylation sites (N-methyl/N-ethyl adjacent to an activating group) is 1. The number of phenols is 1. The van der Waals surface area contributed by atoms with Crippen molar-refractivity contribution in [2.45, 2.75) is 46.3 Å². The molecule has 0 bridgehead atoms. The van der Waals surface area contributed by atoms with Crippen molar-refractivity contribution in [2.24, 2.45) is 0 Å². The molecule has 1 atom stereocenters. The zero-order valence-electron chi connectivity index (χ0n) is 19.7. The van der Waals surface area contributed by atoms with Gasteiger partial charge in [-0.05, 0) is 51.8 Å². The van der Waals surface area contributed by atoms with Gasteiger partial charge < -0.3 is 25.4 Å². The van der Waals surface area contributed by atoms with Crippen LogP contribution >= 0.6 is 11.6 Å². The first-order valence-electron chi connectivity index (χ1n) is 10.4. The summed E-state index contributed by atoms with van der Waals surface area (Å²) >= 11 is 6.25. The Hall–Kier alpha value is -3.26. The molecule has 9 heteroatoms. The highest BCUT2D eigenvalue weighted by atomic mass is 35.5. The number of carbonyl (C=O) groups is 3. The van der Waals surface area contributed by atoms with Gasteiger partial charge in [-0.1, -0.05) is 41.9 Å². The van der Waals surface area contributed by atoms with Crippen molar-refractivity contribution in [3.05, 3.63) is 58.1 Å². The number of carbonyl (C=O) groups excluding carboxylic acids is 3. The quantitative estimate of drug-likeness (QED) is 0.576. The van der Waals surface area contributed by atoms with Crippen LogP contribution < -0.4 is 10.6 Å². The normalized spacial score (nSPS) is 12.0. The van der Waals surface area contributed by atoms with Gasteiger partial charge in [-0.15, -0.1) is 0 Å². The number of amides is 3. The molecule has 0 saturated carbocycles. The lowest BCUT2D eigenvalue weighted by Gasteiger charge is -2.29. The third kappa shape index (κ3) is 6.86. The van der Waals surface area contributed by atoms with Crippen molar-refractivity contribution in [1.82, 2.24) is 10.2 Å². The van der Waals surface area contributed by atoms with Crippen LogP contribution in [0.15, 0.2) is 36.4 Å². The zero-order chi connectivity index (χ0) is 24.9. The number of ether oxygens (including phenoxy) is 1. The first-order valence-corrected chi connectivity index (χ1v) is 10.8. The van der Waals surface area contributed by atoms with E-state index >= 15 is 0 Å². The molecule has 3 N–H and O–H groups in total. The smallest absolute Gasteiger partial charge is 0.408 e. The molecule has 3 amide bonds. The van der Waals surface area contributed by atoms with E-state index in [1.807, 2.05) is 0 Å². The number of para-hydroxylation sites is 2. The number of aromatic hydroxyl groups is 1. The van der Waals surface area contributed by atoms with Gasteiger partial charge in [0.2, 0.25) is 5.91 Å². The number of nitrogens with one attached hydrogen (secondary N) is 2. The minimum absolute atomic E-state index is 0.103. The Bertz CT molecular complexity index is 1030. The number of anilines is 1. The predicted molar refractivity (Wildman–Crippen MR) is 127 cm³/mol. The van der Waals surface area contributed by atoms with Gasteiger partial charge in [0.25, 0.3) is 5.91 Å². The van der Waals surface area contributed by atoms with Crippen molar-refractivity contribution < 1.29 is 24.2 Å². The molecule has 0 saturated heterocycles. The summed E-state index contributed by atoms with van der Waals surface area (Å²) in [6.45, 7) is 8.21. The molecular weight excluding hydrogens is 446 g/mol. The maximum atomic E-state index is 13.4. The van der Waals surface area contributed by atoms with Crippen LogP contribution in [-0.4, -0.2) is 47.1 Å². The van der Waals surface area contributed by atoms with Crippen molar-refractivity contribution in [2.75, 3.05) is 18.9 Å². The van der Waals surface area contributed by atoms with E-state index in [9.17, 15) is 19.5 Å². The highest BCUT2D eigenvalue weighted by Gasteiger charge is 2.32. The maximum Gasteiger partial charge on any atom is 0.408 e. The van der Waals surface area contributed by atoms with Crippen LogP contribution in [0.2, 0.25) is 5.02 Å². The minimum atomic E-state index is -1.19. The fraction of sp³-hybridized carbons (Fsp3) is 0.375. The highest BCUT2D eigenvalue weighted by Crippen LogP contribution is 2.33. The van der Waals surface area contributed by atoms with Crippen LogP contribution in [0.5, 0.6) is 5.75 Å². The first-order chi connectivity index (χ1) is 15.3. The Morgan fingerprint density at radius 1 is 1.09 bits per heavy atom. The van der Waals surface area contributed by atoms with Crippen molar-refractivity contribution in [3.63, 3.8) is 0 Å². The number of nitrogens with zero attached hydrogens (tertiary/aromatic N) is 1. The molecule has 2 aromatic carbocycles. The number of hydrogen-bond donors (Lipinski definition) is 3. The number of hydrogen-bond acceptors (Lipinski definition) is 5. The third-order valence-electron chi connectivity index (χ3n) is 4.85. The standard InChI is InChI=1S/C24H30ClN3O5/c1-14-9-8-12-17(25)19(14)27-22(31)20(16-11-7-10-15(2)21(16)30)28(6)18(29)13-26-23(32)33-24(3,4)5/h7-12,20,30H,13H2,1-6H3,(H,26,32)(H,27,31). The number of benzene rings is 2. The van der Waals surface area contributed by atoms with Crippen LogP contribution in [0.3, 0.4) is 0 Å². The molecule has 0 aliphatic rings. The molecule has 2 aromatic rings. The molecule has 2 rings (SSSR count). The van der Waals surface area contributed by atoms with E-state index in [0.717, 1.165) is 10.5 Å². The van der Waals surface area contributed by atoms with Crippen LogP contribution in [0.1, 0.15) is 43.5 Å². The first kappa shape index (κ1) is 26.0. The summed E-state index contributed by atoms with van der Waals surface area (Å²) in [5, 5.41) is 16.1. The van der Waals surface area contributed by atoms with Gasteiger partial charge in [0.1, 0.15) is 23.9 Å². The summed E-state index contributed by atoms with van der Waals surface area (Å²) in [5.41, 5.74) is 1.22. The summed E-state index contributed by atoms with van der Waals surface area (Å²) < 4.78 is 5.15. The lowest BCUT2D eigenvalue weighted by Crippen LogP contribution is -2.44. The van der Waals surface area contributed by atoms with Gasteiger partial charge in [0.15, 0.2) is 0 Å². The monoisotopic (exact) mass is 475 g/mol. The number of alkyl carbamates (subject to hydrolysis) is 1. The van der Waals surface area contributed by atoms with Crippen LogP contribution in [0.25, 0.3) is 0 Å². The molecule has 8 nitrogen and oxygen atoms in total. The summed E-state index contributed by atoms with van der Waals surface area (Å²) in [7, 11) is 1.42. The zero-order valence-corrected chi connectivity index (χ0v) is 20.4. The molecule has 33 heavy (non-hydrogen) atoms. The maximum absolute atomic E-state index is 13.4. The summed E-state index contributed by atoms with van der Waals surface area (Å²) in [6, 6.07) is 8.95. The molecule has 0 spiro atoms. The Morgan fingerprint density at radius 3 is 2.30 bits per heavy atom. The largest absolute Gasteiger partial charge is 0.507 e. The molecule has 0 heterocycles. The summed E-state index contributed by atoms with van der Waals surface area (Å²) in [5.74, 6) is -1.23. The summed E-state index contributed by atoms with van der Waals surface area (Å²) in [6.07, 6.45) is -0.754. The fourth-order valence-corrected chi connectivity index (χ4v) is 3.41. The van der Waals surface area contributed by atoms with Crippen LogP contribution in [0.4, 0.5) is 10.5 Å². The van der Waals surface area contributed by atoms with Crippen molar-refractivity contribution >= 4 is 35.2 Å². The van der Waals surface area contributed by atoms with E-state index in [1.165, 1.54) is 7.05 Å². The van der Waals surface area contributed by atoms with Gasteiger partial charge >= 0.3 is 6.09 Å². The van der Waals surface area contributed by atoms with Gasteiger partial charge in [-0.3, -0.25) is 9.59 Å². The van der Waals surface area contributed by atoms with Crippen LogP contribution in [-0.2, 0) is 14.3 Å². The SMILES string of the molecule is Cc1cccc(C(C(=O)Nc2c(C)cccc2Cl)N(C)C(=O)CNC(=O)OC(C)(C)C)c1O. The number of phenolic OH excluding ortho intramolecular Hbond substituents is 1. The molecule has 178 valence electrons. The average Bonchev–Trinajstić information content (AvgIpc) is 2.71. The predicted octanol–water partition coefficient (Wildman–Crippen LogP) is 4.33.